The highest BCUT2D eigenvalue weighted by Crippen LogP contribution is 2.19. The molecule has 0 saturated carbocycles. The van der Waals surface area contributed by atoms with Gasteiger partial charge in [-0.05, 0) is 49.4 Å². The molecule has 0 aliphatic carbocycles. The number of guanidine groups is 1. The van der Waals surface area contributed by atoms with Gasteiger partial charge in [-0.1, -0.05) is 0 Å². The number of nitrogens with one attached hydrogen (secondary N) is 1. The largest absolute Gasteiger partial charge is 0.381 e. The van der Waals surface area contributed by atoms with Crippen LogP contribution in [0.5, 0.6) is 0 Å². The lowest BCUT2D eigenvalue weighted by Crippen LogP contribution is -2.49. The van der Waals surface area contributed by atoms with Crippen molar-refractivity contribution in [2.45, 2.75) is 25.7 Å². The van der Waals surface area contributed by atoms with Gasteiger partial charge in [0.05, 0.1) is 0 Å². The van der Waals surface area contributed by atoms with Crippen LogP contribution in [0.15, 0.2) is 29.3 Å². The molecule has 0 radical (unpaired) electrons. The summed E-state index contributed by atoms with van der Waals surface area (Å²) in [5.74, 6) is 1.49. The number of amides is 1. The van der Waals surface area contributed by atoms with E-state index in [1.54, 1.807) is 19.2 Å². The van der Waals surface area contributed by atoms with Crippen molar-refractivity contribution >= 4 is 41.5 Å². The molecule has 2 aliphatic heterocycles. The molecule has 2 heterocycles. The fourth-order valence-electron chi connectivity index (χ4n) is 4.21. The first kappa shape index (κ1) is 26.6. The number of piperazine rings is 1. The lowest BCUT2D eigenvalue weighted by molar-refractivity contribution is -0.131. The zero-order valence-electron chi connectivity index (χ0n) is 19.3. The fourth-order valence-corrected chi connectivity index (χ4v) is 4.21. The van der Waals surface area contributed by atoms with Gasteiger partial charge < -0.3 is 24.8 Å². The minimum absolute atomic E-state index is 0. The third-order valence-corrected chi connectivity index (χ3v) is 6.23. The number of carbonyl (C=O) groups excluding carboxylic acids is 1. The Morgan fingerprint density at radius 1 is 1.19 bits per heavy atom. The molecule has 32 heavy (non-hydrogen) atoms. The molecule has 9 heteroatoms. The summed E-state index contributed by atoms with van der Waals surface area (Å²) in [7, 11) is 3.83. The van der Waals surface area contributed by atoms with Crippen LogP contribution in [0.25, 0.3) is 0 Å². The van der Waals surface area contributed by atoms with Crippen LogP contribution >= 0.6 is 24.0 Å². The van der Waals surface area contributed by atoms with Crippen molar-refractivity contribution in [2.24, 2.45) is 10.9 Å². The van der Waals surface area contributed by atoms with Gasteiger partial charge >= 0.3 is 0 Å². The van der Waals surface area contributed by atoms with E-state index in [4.69, 9.17) is 4.74 Å². The van der Waals surface area contributed by atoms with Crippen LogP contribution < -0.4 is 10.2 Å². The second kappa shape index (κ2) is 13.8. The van der Waals surface area contributed by atoms with Crippen molar-refractivity contribution < 1.29 is 13.9 Å². The molecule has 0 unspecified atom stereocenters. The second-order valence-electron chi connectivity index (χ2n) is 8.33. The smallest absolute Gasteiger partial charge is 0.224 e. The topological polar surface area (TPSA) is 60.4 Å². The van der Waals surface area contributed by atoms with Crippen LogP contribution in [-0.2, 0) is 9.53 Å². The van der Waals surface area contributed by atoms with Gasteiger partial charge in [-0.2, -0.15) is 0 Å². The highest BCUT2D eigenvalue weighted by atomic mass is 127. The number of benzene rings is 1. The number of ether oxygens (including phenoxy) is 1. The Balaban J connectivity index is 0.00000363. The highest BCUT2D eigenvalue weighted by Gasteiger charge is 2.21. The van der Waals surface area contributed by atoms with Crippen molar-refractivity contribution in [1.29, 1.82) is 0 Å². The predicted octanol–water partition coefficient (Wildman–Crippen LogP) is 2.81. The van der Waals surface area contributed by atoms with Gasteiger partial charge in [-0.15, -0.1) is 24.0 Å². The third kappa shape index (κ3) is 8.06. The Morgan fingerprint density at radius 2 is 1.84 bits per heavy atom. The predicted molar refractivity (Wildman–Crippen MR) is 137 cm³/mol. The van der Waals surface area contributed by atoms with Crippen LogP contribution in [0.2, 0.25) is 0 Å². The number of carbonyl (C=O) groups is 1. The van der Waals surface area contributed by atoms with Crippen LogP contribution in [0.3, 0.4) is 0 Å². The van der Waals surface area contributed by atoms with Crippen molar-refractivity contribution in [3.05, 3.63) is 30.1 Å². The molecule has 2 saturated heterocycles. The first-order chi connectivity index (χ1) is 15.1. The molecule has 1 aromatic rings. The number of hydrogen-bond acceptors (Lipinski definition) is 4. The number of halogens is 2. The van der Waals surface area contributed by atoms with E-state index in [0.717, 1.165) is 69.7 Å². The summed E-state index contributed by atoms with van der Waals surface area (Å²) in [5.41, 5.74) is 1.00. The summed E-state index contributed by atoms with van der Waals surface area (Å²) in [6.07, 6.45) is 3.87. The quantitative estimate of drug-likeness (QED) is 0.316. The number of anilines is 1. The molecule has 1 amide bonds. The minimum Gasteiger partial charge on any atom is -0.381 e. The summed E-state index contributed by atoms with van der Waals surface area (Å²) in [5, 5.41) is 3.32. The summed E-state index contributed by atoms with van der Waals surface area (Å²) in [6, 6.07) is 6.54. The number of nitrogens with zero attached hydrogens (tertiary/aromatic N) is 4. The normalized spacial score (nSPS) is 17.7. The average Bonchev–Trinajstić information content (AvgIpc) is 2.81. The standard InChI is InChI=1S/C23H36FN5O2.HI/c1-25-23(27(2)12-8-19-9-17-31-18-10-19)26-11-7-22(30)29-15-13-28(14-16-29)21-5-3-20(24)4-6-21;/h3-6,19H,7-18H2,1-2H3,(H,25,26);1H. The molecule has 2 fully saturated rings. The lowest BCUT2D eigenvalue weighted by atomic mass is 9.96. The Bertz CT molecular complexity index is 720. The molecule has 0 atom stereocenters. The summed E-state index contributed by atoms with van der Waals surface area (Å²) in [6.45, 7) is 6.19. The molecule has 1 aromatic carbocycles. The molecular formula is C23H37FIN5O2. The number of hydrogen-bond donors (Lipinski definition) is 1. The van der Waals surface area contributed by atoms with Crippen LogP contribution in [-0.4, -0.2) is 88.2 Å². The maximum atomic E-state index is 13.1. The van der Waals surface area contributed by atoms with E-state index in [1.165, 1.54) is 12.1 Å². The molecule has 0 spiro atoms. The molecular weight excluding hydrogens is 524 g/mol. The number of aliphatic imine (C=N–C) groups is 1. The minimum atomic E-state index is -0.228. The van der Waals surface area contributed by atoms with E-state index in [9.17, 15) is 9.18 Å². The van der Waals surface area contributed by atoms with Crippen LogP contribution in [0, 0.1) is 11.7 Å². The van der Waals surface area contributed by atoms with E-state index >= 15 is 0 Å². The van der Waals surface area contributed by atoms with Gasteiger partial charge in [0.2, 0.25) is 5.91 Å². The molecule has 2 aliphatic rings. The lowest BCUT2D eigenvalue weighted by Gasteiger charge is -2.36. The Labute approximate surface area is 208 Å². The van der Waals surface area contributed by atoms with E-state index in [-0.39, 0.29) is 35.7 Å². The van der Waals surface area contributed by atoms with E-state index in [1.807, 2.05) is 11.9 Å². The Morgan fingerprint density at radius 3 is 2.47 bits per heavy atom. The molecule has 1 N–H and O–H groups in total. The van der Waals surface area contributed by atoms with Gasteiger partial charge in [0.1, 0.15) is 5.82 Å². The summed E-state index contributed by atoms with van der Waals surface area (Å²) in [4.78, 5) is 23.2. The van der Waals surface area contributed by atoms with E-state index in [2.05, 4.69) is 20.1 Å². The maximum Gasteiger partial charge on any atom is 0.224 e. The average molecular weight is 561 g/mol. The van der Waals surface area contributed by atoms with Gasteiger partial charge in [0.25, 0.3) is 0 Å². The zero-order chi connectivity index (χ0) is 22.1. The molecule has 0 aromatic heterocycles. The monoisotopic (exact) mass is 561 g/mol. The van der Waals surface area contributed by atoms with Crippen LogP contribution in [0.1, 0.15) is 25.7 Å². The molecule has 3 rings (SSSR count). The first-order valence-corrected chi connectivity index (χ1v) is 11.3. The zero-order valence-corrected chi connectivity index (χ0v) is 21.6. The van der Waals surface area contributed by atoms with Crippen molar-refractivity contribution in [1.82, 2.24) is 15.1 Å². The van der Waals surface area contributed by atoms with Gasteiger partial charge in [-0.25, -0.2) is 4.39 Å². The Kier molecular flexibility index (Phi) is 11.5. The number of rotatable bonds is 7. The molecule has 0 bridgehead atoms. The fraction of sp³-hybridized carbons (Fsp3) is 0.652. The second-order valence-corrected chi connectivity index (χ2v) is 8.33. The van der Waals surface area contributed by atoms with Crippen LogP contribution in [0.4, 0.5) is 10.1 Å². The highest BCUT2D eigenvalue weighted by molar-refractivity contribution is 14.0. The van der Waals surface area contributed by atoms with Gasteiger partial charge in [-0.3, -0.25) is 9.79 Å². The van der Waals surface area contributed by atoms with E-state index in [0.29, 0.717) is 26.1 Å². The van der Waals surface area contributed by atoms with Crippen molar-refractivity contribution in [2.75, 3.05) is 71.5 Å². The molecule has 7 nitrogen and oxygen atoms in total. The van der Waals surface area contributed by atoms with Gasteiger partial charge in [0, 0.05) is 78.7 Å². The third-order valence-electron chi connectivity index (χ3n) is 6.23. The van der Waals surface area contributed by atoms with Gasteiger partial charge in [0.15, 0.2) is 5.96 Å². The van der Waals surface area contributed by atoms with E-state index < -0.39 is 0 Å². The SMILES string of the molecule is CN=C(NCCC(=O)N1CCN(c2ccc(F)cc2)CC1)N(C)CCC1CCOCC1.I. The summed E-state index contributed by atoms with van der Waals surface area (Å²) < 4.78 is 18.5. The first-order valence-electron chi connectivity index (χ1n) is 11.3. The molecule has 180 valence electrons. The van der Waals surface area contributed by atoms with Crippen molar-refractivity contribution in [3.8, 4) is 0 Å². The maximum absolute atomic E-state index is 13.1. The van der Waals surface area contributed by atoms with Crippen molar-refractivity contribution in [3.63, 3.8) is 0 Å². The Hall–Kier alpha value is -1.62. The summed E-state index contributed by atoms with van der Waals surface area (Å²) >= 11 is 0.